The third-order valence-corrected chi connectivity index (χ3v) is 6.17. The van der Waals surface area contributed by atoms with Crippen molar-refractivity contribution in [2.45, 2.75) is 12.3 Å². The highest BCUT2D eigenvalue weighted by molar-refractivity contribution is 8.13. The average molecular weight is 458 g/mol. The van der Waals surface area contributed by atoms with Crippen molar-refractivity contribution in [3.63, 3.8) is 0 Å². The lowest BCUT2D eigenvalue weighted by molar-refractivity contribution is -0.122. The molecular weight excluding hydrogens is 434 g/mol. The smallest absolute Gasteiger partial charge is 0.278 e. The molecule has 0 radical (unpaired) electrons. The van der Waals surface area contributed by atoms with Crippen LogP contribution in [0.15, 0.2) is 89.6 Å². The minimum absolute atomic E-state index is 0.138. The SMILES string of the molecule is COc1ccc(/C=C2\N=C(SCc3ccc(C(N)=O)cc3)N(Cc3ccccc3)C2=O)cc1. The van der Waals surface area contributed by atoms with Crippen LogP contribution in [0.4, 0.5) is 0 Å². The largest absolute Gasteiger partial charge is 0.497 e. The van der Waals surface area contributed by atoms with Gasteiger partial charge in [0.2, 0.25) is 5.91 Å². The normalized spacial score (nSPS) is 14.5. The summed E-state index contributed by atoms with van der Waals surface area (Å²) in [4.78, 5) is 30.9. The molecule has 3 aromatic carbocycles. The van der Waals surface area contributed by atoms with Crippen LogP contribution in [0.1, 0.15) is 27.0 Å². The van der Waals surface area contributed by atoms with Gasteiger partial charge in [0.15, 0.2) is 5.17 Å². The number of methoxy groups -OCH3 is 1. The van der Waals surface area contributed by atoms with Gasteiger partial charge in [-0.1, -0.05) is 66.4 Å². The second-order valence-corrected chi connectivity index (χ2v) is 8.37. The second kappa shape index (κ2) is 10.2. The number of nitrogens with two attached hydrogens (primary N) is 1. The highest BCUT2D eigenvalue weighted by Crippen LogP contribution is 2.28. The highest BCUT2D eigenvalue weighted by atomic mass is 32.2. The Labute approximate surface area is 196 Å². The molecule has 4 rings (SSSR count). The first-order valence-electron chi connectivity index (χ1n) is 10.4. The third kappa shape index (κ3) is 5.51. The molecule has 0 saturated carbocycles. The summed E-state index contributed by atoms with van der Waals surface area (Å²) < 4.78 is 5.20. The molecule has 33 heavy (non-hydrogen) atoms. The number of ether oxygens (including phenoxy) is 1. The van der Waals surface area contributed by atoms with E-state index in [4.69, 9.17) is 10.5 Å². The number of nitrogens with zero attached hydrogens (tertiary/aromatic N) is 2. The summed E-state index contributed by atoms with van der Waals surface area (Å²) in [5, 5.41) is 0.641. The number of rotatable bonds is 7. The molecule has 0 fully saturated rings. The summed E-state index contributed by atoms with van der Waals surface area (Å²) in [5.74, 6) is 0.762. The lowest BCUT2D eigenvalue weighted by atomic mass is 10.1. The van der Waals surface area contributed by atoms with Gasteiger partial charge in [-0.05, 0) is 47.0 Å². The Morgan fingerprint density at radius 1 is 1.00 bits per heavy atom. The maximum Gasteiger partial charge on any atom is 0.278 e. The number of primary amides is 1. The molecule has 0 aromatic heterocycles. The van der Waals surface area contributed by atoms with Gasteiger partial charge < -0.3 is 10.5 Å². The van der Waals surface area contributed by atoms with Crippen LogP contribution in [0.2, 0.25) is 0 Å². The van der Waals surface area contributed by atoms with Crippen molar-refractivity contribution in [2.75, 3.05) is 7.11 Å². The molecular formula is C26H23N3O3S. The number of carbonyl (C=O) groups is 2. The Balaban J connectivity index is 1.57. The van der Waals surface area contributed by atoms with Crippen LogP contribution in [0, 0.1) is 0 Å². The van der Waals surface area contributed by atoms with E-state index in [0.717, 1.165) is 22.4 Å². The van der Waals surface area contributed by atoms with Gasteiger partial charge in [0.05, 0.1) is 13.7 Å². The molecule has 2 amide bonds. The number of hydrogen-bond acceptors (Lipinski definition) is 5. The van der Waals surface area contributed by atoms with E-state index in [9.17, 15) is 9.59 Å². The molecule has 7 heteroatoms. The van der Waals surface area contributed by atoms with E-state index in [1.54, 1.807) is 30.2 Å². The van der Waals surface area contributed by atoms with E-state index < -0.39 is 5.91 Å². The Hall–Kier alpha value is -3.84. The molecule has 2 N–H and O–H groups in total. The summed E-state index contributed by atoms with van der Waals surface area (Å²) in [6.07, 6.45) is 1.79. The lowest BCUT2D eigenvalue weighted by Crippen LogP contribution is -2.30. The van der Waals surface area contributed by atoms with Gasteiger partial charge in [0.25, 0.3) is 5.91 Å². The number of thioether (sulfide) groups is 1. The van der Waals surface area contributed by atoms with Crippen LogP contribution >= 0.6 is 11.8 Å². The van der Waals surface area contributed by atoms with Gasteiger partial charge in [-0.25, -0.2) is 4.99 Å². The van der Waals surface area contributed by atoms with E-state index in [-0.39, 0.29) is 5.91 Å². The fraction of sp³-hybridized carbons (Fsp3) is 0.115. The van der Waals surface area contributed by atoms with Crippen LogP contribution in [0.25, 0.3) is 6.08 Å². The van der Waals surface area contributed by atoms with Crippen molar-refractivity contribution in [2.24, 2.45) is 10.7 Å². The van der Waals surface area contributed by atoms with E-state index in [1.165, 1.54) is 11.8 Å². The van der Waals surface area contributed by atoms with Gasteiger partial charge >= 0.3 is 0 Å². The monoisotopic (exact) mass is 457 g/mol. The quantitative estimate of drug-likeness (QED) is 0.531. The average Bonchev–Trinajstić information content (AvgIpc) is 3.13. The molecule has 0 unspecified atom stereocenters. The summed E-state index contributed by atoms with van der Waals surface area (Å²) in [6.45, 7) is 0.437. The molecule has 3 aromatic rings. The van der Waals surface area contributed by atoms with Crippen molar-refractivity contribution in [3.05, 3.63) is 107 Å². The van der Waals surface area contributed by atoms with Crippen LogP contribution < -0.4 is 10.5 Å². The topological polar surface area (TPSA) is 85.0 Å². The van der Waals surface area contributed by atoms with E-state index >= 15 is 0 Å². The maximum absolute atomic E-state index is 13.2. The first-order valence-corrected chi connectivity index (χ1v) is 11.3. The van der Waals surface area contributed by atoms with Gasteiger partial charge in [-0.2, -0.15) is 0 Å². The summed E-state index contributed by atoms with van der Waals surface area (Å²) >= 11 is 1.48. The zero-order valence-corrected chi connectivity index (χ0v) is 18.9. The van der Waals surface area contributed by atoms with E-state index in [1.807, 2.05) is 66.7 Å². The minimum Gasteiger partial charge on any atom is -0.497 e. The minimum atomic E-state index is -0.456. The predicted molar refractivity (Wildman–Crippen MR) is 132 cm³/mol. The lowest BCUT2D eigenvalue weighted by Gasteiger charge is -2.18. The summed E-state index contributed by atoms with van der Waals surface area (Å²) in [7, 11) is 1.62. The van der Waals surface area contributed by atoms with Crippen LogP contribution in [0.3, 0.4) is 0 Å². The van der Waals surface area contributed by atoms with Crippen molar-refractivity contribution >= 4 is 34.8 Å². The molecule has 0 bridgehead atoms. The fourth-order valence-corrected chi connectivity index (χ4v) is 4.27. The molecule has 166 valence electrons. The molecule has 1 heterocycles. The Morgan fingerprint density at radius 2 is 1.70 bits per heavy atom. The second-order valence-electron chi connectivity index (χ2n) is 7.42. The van der Waals surface area contributed by atoms with Gasteiger partial charge in [-0.3, -0.25) is 14.5 Å². The van der Waals surface area contributed by atoms with Crippen LogP contribution in [-0.4, -0.2) is 29.0 Å². The standard InChI is InChI=1S/C26H23N3O3S/c1-32-22-13-9-18(10-14-22)15-23-25(31)29(16-19-5-3-2-4-6-19)26(28-23)33-17-20-7-11-21(12-8-20)24(27)30/h2-15H,16-17H2,1H3,(H2,27,30)/b23-15-. The Kier molecular flexibility index (Phi) is 6.90. The summed E-state index contributed by atoms with van der Waals surface area (Å²) in [6, 6.07) is 24.4. The van der Waals surface area contributed by atoms with Crippen molar-refractivity contribution in [3.8, 4) is 5.75 Å². The number of benzene rings is 3. The van der Waals surface area contributed by atoms with Crippen molar-refractivity contribution in [1.29, 1.82) is 0 Å². The van der Waals surface area contributed by atoms with E-state index in [0.29, 0.717) is 28.7 Å². The van der Waals surface area contributed by atoms with Crippen molar-refractivity contribution < 1.29 is 14.3 Å². The number of amides is 2. The third-order valence-electron chi connectivity index (χ3n) is 5.12. The van der Waals surface area contributed by atoms with Gasteiger partial charge in [0.1, 0.15) is 11.4 Å². The first kappa shape index (κ1) is 22.4. The van der Waals surface area contributed by atoms with Crippen LogP contribution in [0.5, 0.6) is 5.75 Å². The number of aliphatic imine (C=N–C) groups is 1. The number of carbonyl (C=O) groups excluding carboxylic acids is 2. The van der Waals surface area contributed by atoms with Gasteiger partial charge in [0, 0.05) is 11.3 Å². The number of hydrogen-bond donors (Lipinski definition) is 1. The first-order chi connectivity index (χ1) is 16.0. The molecule has 1 aliphatic rings. The molecule has 0 atom stereocenters. The summed E-state index contributed by atoms with van der Waals surface area (Å²) in [5.41, 5.74) is 9.08. The van der Waals surface area contributed by atoms with Crippen molar-refractivity contribution in [1.82, 2.24) is 4.90 Å². The Bertz CT molecular complexity index is 1200. The molecule has 0 aliphatic carbocycles. The highest BCUT2D eigenvalue weighted by Gasteiger charge is 2.30. The predicted octanol–water partition coefficient (Wildman–Crippen LogP) is 4.47. The molecule has 0 spiro atoms. The molecule has 0 saturated heterocycles. The fourth-order valence-electron chi connectivity index (χ4n) is 3.32. The number of amidine groups is 1. The molecule has 1 aliphatic heterocycles. The maximum atomic E-state index is 13.2. The van der Waals surface area contributed by atoms with E-state index in [2.05, 4.69) is 4.99 Å². The molecule has 6 nitrogen and oxygen atoms in total. The van der Waals surface area contributed by atoms with Gasteiger partial charge in [-0.15, -0.1) is 0 Å². The Morgan fingerprint density at radius 3 is 2.33 bits per heavy atom. The zero-order chi connectivity index (χ0) is 23.2. The zero-order valence-electron chi connectivity index (χ0n) is 18.1. The van der Waals surface area contributed by atoms with Crippen LogP contribution in [-0.2, 0) is 17.1 Å².